The van der Waals surface area contributed by atoms with E-state index in [1.807, 2.05) is 0 Å². The molecular formula is C34H36F4N8O4. The summed E-state index contributed by atoms with van der Waals surface area (Å²) in [5.74, 6) is -3.16. The van der Waals surface area contributed by atoms with Crippen molar-refractivity contribution in [2.75, 3.05) is 37.8 Å². The third-order valence-electron chi connectivity index (χ3n) is 10.1. The van der Waals surface area contributed by atoms with Gasteiger partial charge < -0.3 is 15.2 Å². The largest absolute Gasteiger partial charge is 0.482 e. The van der Waals surface area contributed by atoms with Gasteiger partial charge in [0.15, 0.2) is 18.1 Å². The summed E-state index contributed by atoms with van der Waals surface area (Å²) >= 11 is 0. The molecule has 2 fully saturated rings. The summed E-state index contributed by atoms with van der Waals surface area (Å²) in [5, 5.41) is 5.16. The van der Waals surface area contributed by atoms with Gasteiger partial charge in [0, 0.05) is 30.5 Å². The molecule has 3 aliphatic rings. The lowest BCUT2D eigenvalue weighted by Crippen LogP contribution is -2.63. The first-order chi connectivity index (χ1) is 23.7. The molecule has 6 heterocycles. The van der Waals surface area contributed by atoms with E-state index in [-0.39, 0.29) is 65.0 Å². The van der Waals surface area contributed by atoms with Gasteiger partial charge in [-0.05, 0) is 37.0 Å². The number of likely N-dealkylation sites (tertiary alicyclic amines) is 1. The number of carbonyl (C=O) groups is 2. The molecule has 2 N–H and O–H groups in total. The van der Waals surface area contributed by atoms with Crippen molar-refractivity contribution < 1.29 is 36.6 Å². The molecule has 4 aromatic rings. The molecule has 2 saturated heterocycles. The van der Waals surface area contributed by atoms with E-state index in [9.17, 15) is 27.2 Å². The number of aromatic nitrogens is 5. The minimum atomic E-state index is -4.54. The van der Waals surface area contributed by atoms with Crippen LogP contribution in [0.25, 0.3) is 22.2 Å². The molecule has 1 unspecified atom stereocenters. The average molecular weight is 697 g/mol. The molecule has 0 spiro atoms. The second-order valence-electron chi connectivity index (χ2n) is 13.7. The van der Waals surface area contributed by atoms with Crippen LogP contribution in [0.5, 0.6) is 5.75 Å². The van der Waals surface area contributed by atoms with Crippen LogP contribution in [0.4, 0.5) is 23.2 Å². The summed E-state index contributed by atoms with van der Waals surface area (Å²) in [4.78, 5) is 42.5. The third kappa shape index (κ3) is 6.04. The number of anilines is 1. The highest BCUT2D eigenvalue weighted by atomic mass is 19.4. The third-order valence-corrected chi connectivity index (χ3v) is 10.1. The first-order valence-corrected chi connectivity index (χ1v) is 16.4. The van der Waals surface area contributed by atoms with Crippen LogP contribution in [0, 0.1) is 17.7 Å². The first-order valence-electron chi connectivity index (χ1n) is 16.4. The summed E-state index contributed by atoms with van der Waals surface area (Å²) < 4.78 is 68.2. The van der Waals surface area contributed by atoms with E-state index >= 15 is 0 Å². The normalized spacial score (nSPS) is 21.4. The standard InChI is InChI=1S/C34H36F4N8O4/c1-18-13-44(33(3)16-49-17-33)7-6-24(18)46-32-22(12-42-46)29(30(31(39)48)23(43-32)8-19(2)34(36,37)38)20-4-5-25-26(9-20)50-15-28(47)45(25)14-27-40-10-21(35)11-41-27/h4-5,9-12,18-19,24H,6-8,13-17H2,1-3H3,(H2,39,48)/t18-,19?,24-/m1/s1. The van der Waals surface area contributed by atoms with Gasteiger partial charge in [0.25, 0.3) is 11.8 Å². The van der Waals surface area contributed by atoms with Crippen molar-refractivity contribution in [3.63, 3.8) is 0 Å². The molecule has 12 nitrogen and oxygen atoms in total. The minimum Gasteiger partial charge on any atom is -0.482 e. The second kappa shape index (κ2) is 12.6. The fourth-order valence-electron chi connectivity index (χ4n) is 7.13. The number of hydrogen-bond acceptors (Lipinski definition) is 9. The Balaban J connectivity index is 1.33. The number of fused-ring (bicyclic) bond motifs is 2. The van der Waals surface area contributed by atoms with Crippen LogP contribution in [0.15, 0.2) is 36.8 Å². The highest BCUT2D eigenvalue weighted by Crippen LogP contribution is 2.43. The number of primary amides is 1. The number of halogens is 4. The van der Waals surface area contributed by atoms with Crippen LogP contribution in [0.3, 0.4) is 0 Å². The number of ether oxygens (including phenoxy) is 2. The molecule has 264 valence electrons. The smallest absolute Gasteiger partial charge is 0.391 e. The Morgan fingerprint density at radius 2 is 1.92 bits per heavy atom. The van der Waals surface area contributed by atoms with Crippen molar-refractivity contribution in [1.29, 1.82) is 0 Å². The molecule has 3 atom stereocenters. The number of piperidine rings is 1. The van der Waals surface area contributed by atoms with Crippen LogP contribution >= 0.6 is 0 Å². The van der Waals surface area contributed by atoms with Gasteiger partial charge in [-0.15, -0.1) is 0 Å². The fourth-order valence-corrected chi connectivity index (χ4v) is 7.13. The summed E-state index contributed by atoms with van der Waals surface area (Å²) in [6, 6.07) is 4.74. The van der Waals surface area contributed by atoms with E-state index in [1.165, 1.54) is 4.90 Å². The first kappa shape index (κ1) is 33.8. The molecule has 0 aliphatic carbocycles. The molecule has 1 aromatic carbocycles. The number of rotatable bonds is 8. The average Bonchev–Trinajstić information content (AvgIpc) is 3.47. The van der Waals surface area contributed by atoms with E-state index in [0.717, 1.165) is 38.8 Å². The van der Waals surface area contributed by atoms with Gasteiger partial charge in [0.1, 0.15) is 11.6 Å². The Labute approximate surface area is 284 Å². The maximum absolute atomic E-state index is 13.9. The molecule has 0 saturated carbocycles. The number of pyridine rings is 1. The zero-order valence-corrected chi connectivity index (χ0v) is 27.7. The van der Waals surface area contributed by atoms with Crippen molar-refractivity contribution >= 4 is 28.5 Å². The van der Waals surface area contributed by atoms with E-state index in [0.29, 0.717) is 35.5 Å². The maximum Gasteiger partial charge on any atom is 0.391 e. The van der Waals surface area contributed by atoms with Crippen molar-refractivity contribution in [1.82, 2.24) is 29.6 Å². The van der Waals surface area contributed by atoms with Crippen molar-refractivity contribution in [2.45, 2.75) is 57.9 Å². The van der Waals surface area contributed by atoms with Gasteiger partial charge in [-0.2, -0.15) is 18.3 Å². The highest BCUT2D eigenvalue weighted by Gasteiger charge is 2.44. The highest BCUT2D eigenvalue weighted by molar-refractivity contribution is 6.09. The predicted octanol–water partition coefficient (Wildman–Crippen LogP) is 4.46. The van der Waals surface area contributed by atoms with Gasteiger partial charge in [-0.1, -0.05) is 19.9 Å². The quantitative estimate of drug-likeness (QED) is 0.264. The minimum absolute atomic E-state index is 0.0329. The summed E-state index contributed by atoms with van der Waals surface area (Å²) in [5.41, 5.74) is 7.08. The Kier molecular flexibility index (Phi) is 8.49. The monoisotopic (exact) mass is 696 g/mol. The van der Waals surface area contributed by atoms with Crippen LogP contribution in [-0.2, 0) is 22.5 Å². The van der Waals surface area contributed by atoms with Gasteiger partial charge in [-0.3, -0.25) is 19.4 Å². The van der Waals surface area contributed by atoms with E-state index in [4.69, 9.17) is 25.3 Å². The van der Waals surface area contributed by atoms with E-state index in [2.05, 4.69) is 28.7 Å². The number of carbonyl (C=O) groups excluding carboxylic acids is 2. The predicted molar refractivity (Wildman–Crippen MR) is 173 cm³/mol. The molecule has 2 amide bonds. The number of amides is 2. The summed E-state index contributed by atoms with van der Waals surface area (Å²) in [7, 11) is 0. The number of alkyl halides is 3. The molecular weight excluding hydrogens is 660 g/mol. The summed E-state index contributed by atoms with van der Waals surface area (Å²) in [6.45, 7) is 7.82. The molecule has 7 rings (SSSR count). The number of benzene rings is 1. The SMILES string of the molecule is CC(Cc1nc2c(cnn2[C@@H]2CCN(C3(C)COC3)C[C@H]2C)c(-c2ccc3c(c2)OCC(=O)N3Cc2ncc(F)cn2)c1C(N)=O)C(F)(F)F. The lowest BCUT2D eigenvalue weighted by atomic mass is 9.88. The molecule has 0 radical (unpaired) electrons. The van der Waals surface area contributed by atoms with Crippen molar-refractivity contribution in [2.24, 2.45) is 17.6 Å². The fraction of sp³-hybridized carbons (Fsp3) is 0.471. The molecule has 0 bridgehead atoms. The Morgan fingerprint density at radius 3 is 2.56 bits per heavy atom. The zero-order chi connectivity index (χ0) is 35.5. The van der Waals surface area contributed by atoms with Crippen molar-refractivity contribution in [3.8, 4) is 16.9 Å². The number of hydrogen-bond donors (Lipinski definition) is 1. The lowest BCUT2D eigenvalue weighted by Gasteiger charge is -2.51. The topological polar surface area (TPSA) is 142 Å². The Hall–Kier alpha value is -4.70. The Bertz CT molecular complexity index is 1960. The molecule has 16 heteroatoms. The van der Waals surface area contributed by atoms with Gasteiger partial charge in [0.05, 0.1) is 72.8 Å². The second-order valence-corrected chi connectivity index (χ2v) is 13.7. The molecule has 3 aliphatic heterocycles. The summed E-state index contributed by atoms with van der Waals surface area (Å²) in [6.07, 6.45) is -0.819. The van der Waals surface area contributed by atoms with E-state index in [1.54, 1.807) is 29.1 Å². The Morgan fingerprint density at radius 1 is 1.18 bits per heavy atom. The zero-order valence-electron chi connectivity index (χ0n) is 27.7. The van der Waals surface area contributed by atoms with Crippen molar-refractivity contribution in [3.05, 3.63) is 59.7 Å². The van der Waals surface area contributed by atoms with E-state index < -0.39 is 30.2 Å². The molecule has 50 heavy (non-hydrogen) atoms. The van der Waals surface area contributed by atoms with Gasteiger partial charge in [-0.25, -0.2) is 24.0 Å². The molecule has 3 aromatic heterocycles. The lowest BCUT2D eigenvalue weighted by molar-refractivity contribution is -0.169. The van der Waals surface area contributed by atoms with Crippen LogP contribution in [0.1, 0.15) is 55.1 Å². The van der Waals surface area contributed by atoms with Crippen LogP contribution in [0.2, 0.25) is 0 Å². The van der Waals surface area contributed by atoms with Crippen LogP contribution in [-0.4, -0.2) is 86.1 Å². The van der Waals surface area contributed by atoms with Gasteiger partial charge >= 0.3 is 6.18 Å². The number of nitrogens with zero attached hydrogens (tertiary/aromatic N) is 7. The number of nitrogens with two attached hydrogens (primary N) is 1. The maximum atomic E-state index is 13.9. The van der Waals surface area contributed by atoms with Gasteiger partial charge in [0.2, 0.25) is 0 Å². The van der Waals surface area contributed by atoms with Crippen LogP contribution < -0.4 is 15.4 Å².